The Hall–Kier alpha value is -1.16. The molecular formula is C19H21Cl2NOS. The van der Waals surface area contributed by atoms with E-state index in [0.29, 0.717) is 16.0 Å². The van der Waals surface area contributed by atoms with Crippen LogP contribution in [-0.2, 0) is 4.79 Å². The number of thioether (sulfide) groups is 1. The molecule has 0 fully saturated rings. The Labute approximate surface area is 157 Å². The Kier molecular flexibility index (Phi) is 7.02. The Morgan fingerprint density at radius 3 is 2.33 bits per heavy atom. The van der Waals surface area contributed by atoms with Gasteiger partial charge in [-0.05, 0) is 43.0 Å². The molecule has 2 aromatic rings. The van der Waals surface area contributed by atoms with Gasteiger partial charge in [-0.1, -0.05) is 61.3 Å². The second-order valence-corrected chi connectivity index (χ2v) is 7.86. The predicted molar refractivity (Wildman–Crippen MR) is 106 cm³/mol. The zero-order valence-electron chi connectivity index (χ0n) is 14.0. The molecule has 2 nitrogen and oxygen atoms in total. The summed E-state index contributed by atoms with van der Waals surface area (Å²) < 4.78 is 0. The smallest absolute Gasteiger partial charge is 0.237 e. The van der Waals surface area contributed by atoms with Gasteiger partial charge in [0, 0.05) is 10.6 Å². The van der Waals surface area contributed by atoms with Crippen molar-refractivity contribution in [1.82, 2.24) is 0 Å². The fraction of sp³-hybridized carbons (Fsp3) is 0.316. The molecule has 0 aromatic heterocycles. The van der Waals surface area contributed by atoms with E-state index >= 15 is 0 Å². The number of halogens is 2. The van der Waals surface area contributed by atoms with Crippen LogP contribution in [0.1, 0.15) is 38.7 Å². The van der Waals surface area contributed by atoms with E-state index in [1.54, 1.807) is 18.2 Å². The van der Waals surface area contributed by atoms with Crippen molar-refractivity contribution >= 4 is 46.6 Å². The molecule has 0 saturated carbocycles. The molecule has 0 unspecified atom stereocenters. The first-order valence-electron chi connectivity index (χ1n) is 7.94. The summed E-state index contributed by atoms with van der Waals surface area (Å²) in [5.41, 5.74) is 2.02. The summed E-state index contributed by atoms with van der Waals surface area (Å²) in [5, 5.41) is 3.85. The van der Waals surface area contributed by atoms with Gasteiger partial charge in [-0.2, -0.15) is 0 Å². The minimum absolute atomic E-state index is 0.0632. The number of anilines is 1. The molecule has 0 spiro atoms. The summed E-state index contributed by atoms with van der Waals surface area (Å²) in [5.74, 6) is 0.328. The molecule has 0 heterocycles. The van der Waals surface area contributed by atoms with Crippen molar-refractivity contribution in [2.45, 2.75) is 43.3 Å². The van der Waals surface area contributed by atoms with Gasteiger partial charge < -0.3 is 5.32 Å². The summed E-state index contributed by atoms with van der Waals surface area (Å²) in [4.78, 5) is 13.3. The summed E-state index contributed by atoms with van der Waals surface area (Å²) in [6, 6.07) is 13.3. The van der Waals surface area contributed by atoms with Crippen LogP contribution in [0.15, 0.2) is 47.4 Å². The lowest BCUT2D eigenvalue weighted by molar-refractivity contribution is -0.115. The van der Waals surface area contributed by atoms with Crippen LogP contribution in [0.4, 0.5) is 5.69 Å². The van der Waals surface area contributed by atoms with E-state index < -0.39 is 0 Å². The maximum absolute atomic E-state index is 12.6. The maximum Gasteiger partial charge on any atom is 0.237 e. The Morgan fingerprint density at radius 2 is 1.71 bits per heavy atom. The molecule has 0 aliphatic rings. The molecule has 128 valence electrons. The van der Waals surface area contributed by atoms with Crippen LogP contribution in [0.5, 0.6) is 0 Å². The van der Waals surface area contributed by atoms with Gasteiger partial charge in [-0.15, -0.1) is 11.8 Å². The standard InChI is InChI=1S/C19H21Cl2NOS/c1-4-12(2)14-8-5-6-11-17(14)22-19(23)13(3)24-18-15(20)9-7-10-16(18)21/h5-13H,4H2,1-3H3,(H,22,23)/t12-,13-/m0/s1. The highest BCUT2D eigenvalue weighted by Gasteiger charge is 2.19. The van der Waals surface area contributed by atoms with Crippen molar-refractivity contribution in [2.75, 3.05) is 5.32 Å². The number of rotatable bonds is 6. The summed E-state index contributed by atoms with van der Waals surface area (Å²) in [7, 11) is 0. The highest BCUT2D eigenvalue weighted by Crippen LogP contribution is 2.37. The van der Waals surface area contributed by atoms with Crippen LogP contribution in [0, 0.1) is 0 Å². The first kappa shape index (κ1) is 19.2. The minimum Gasteiger partial charge on any atom is -0.325 e. The molecule has 1 amide bonds. The molecule has 1 N–H and O–H groups in total. The molecule has 5 heteroatoms. The number of carbonyl (C=O) groups excluding carboxylic acids is 1. The van der Waals surface area contributed by atoms with Crippen LogP contribution < -0.4 is 5.32 Å². The lowest BCUT2D eigenvalue weighted by Gasteiger charge is -2.18. The molecule has 0 bridgehead atoms. The Bertz CT molecular complexity index is 700. The molecule has 0 radical (unpaired) electrons. The normalized spacial score (nSPS) is 13.4. The predicted octanol–water partition coefficient (Wildman–Crippen LogP) is 6.63. The molecule has 2 aromatic carbocycles. The average molecular weight is 382 g/mol. The quantitative estimate of drug-likeness (QED) is 0.569. The molecule has 0 aliphatic heterocycles. The van der Waals surface area contributed by atoms with E-state index in [1.807, 2.05) is 25.1 Å². The van der Waals surface area contributed by atoms with Crippen LogP contribution in [0.3, 0.4) is 0 Å². The molecule has 0 saturated heterocycles. The highest BCUT2D eigenvalue weighted by molar-refractivity contribution is 8.00. The van der Waals surface area contributed by atoms with Gasteiger partial charge in [-0.3, -0.25) is 4.79 Å². The van der Waals surface area contributed by atoms with Gasteiger partial charge in [0.15, 0.2) is 0 Å². The van der Waals surface area contributed by atoms with Crippen LogP contribution in [0.25, 0.3) is 0 Å². The third kappa shape index (κ3) is 4.69. The van der Waals surface area contributed by atoms with E-state index in [2.05, 4.69) is 25.2 Å². The van der Waals surface area contributed by atoms with Gasteiger partial charge in [-0.25, -0.2) is 0 Å². The minimum atomic E-state index is -0.313. The van der Waals surface area contributed by atoms with Crippen molar-refractivity contribution in [1.29, 1.82) is 0 Å². The highest BCUT2D eigenvalue weighted by atomic mass is 35.5. The zero-order chi connectivity index (χ0) is 17.7. The monoisotopic (exact) mass is 381 g/mol. The SMILES string of the molecule is CC[C@H](C)c1ccccc1NC(=O)[C@H](C)Sc1c(Cl)cccc1Cl. The lowest BCUT2D eigenvalue weighted by atomic mass is 9.97. The second-order valence-electron chi connectivity index (χ2n) is 5.70. The topological polar surface area (TPSA) is 29.1 Å². The van der Waals surface area contributed by atoms with E-state index in [-0.39, 0.29) is 11.2 Å². The third-order valence-corrected chi connectivity index (χ3v) is 6.04. The first-order chi connectivity index (χ1) is 11.4. The first-order valence-corrected chi connectivity index (χ1v) is 9.58. The van der Waals surface area contributed by atoms with Gasteiger partial charge in [0.1, 0.15) is 0 Å². The van der Waals surface area contributed by atoms with Crippen LogP contribution >= 0.6 is 35.0 Å². The number of carbonyl (C=O) groups is 1. The number of hydrogen-bond acceptors (Lipinski definition) is 2. The second kappa shape index (κ2) is 8.80. The van der Waals surface area contributed by atoms with Crippen LogP contribution in [-0.4, -0.2) is 11.2 Å². The molecular weight excluding hydrogens is 361 g/mol. The van der Waals surface area contributed by atoms with Gasteiger partial charge in [0.2, 0.25) is 5.91 Å². The van der Waals surface area contributed by atoms with Crippen molar-refractivity contribution in [2.24, 2.45) is 0 Å². The summed E-state index contributed by atoms with van der Waals surface area (Å²) in [6.07, 6.45) is 1.02. The van der Waals surface area contributed by atoms with E-state index in [0.717, 1.165) is 22.6 Å². The number of nitrogens with one attached hydrogen (secondary N) is 1. The van der Waals surface area contributed by atoms with Crippen molar-refractivity contribution in [3.05, 3.63) is 58.1 Å². The Balaban J connectivity index is 2.13. The fourth-order valence-corrected chi connectivity index (χ4v) is 3.87. The van der Waals surface area contributed by atoms with Crippen molar-refractivity contribution in [3.63, 3.8) is 0 Å². The molecule has 2 rings (SSSR count). The fourth-order valence-electron chi connectivity index (χ4n) is 2.32. The van der Waals surface area contributed by atoms with Crippen molar-refractivity contribution < 1.29 is 4.79 Å². The maximum atomic E-state index is 12.6. The Morgan fingerprint density at radius 1 is 1.08 bits per heavy atom. The number of benzene rings is 2. The van der Waals surface area contributed by atoms with Gasteiger partial charge in [0.25, 0.3) is 0 Å². The number of amides is 1. The van der Waals surface area contributed by atoms with Crippen molar-refractivity contribution in [3.8, 4) is 0 Å². The van der Waals surface area contributed by atoms with E-state index in [1.165, 1.54) is 11.8 Å². The zero-order valence-corrected chi connectivity index (χ0v) is 16.3. The third-order valence-electron chi connectivity index (χ3n) is 3.94. The lowest BCUT2D eigenvalue weighted by Crippen LogP contribution is -2.23. The largest absolute Gasteiger partial charge is 0.325 e. The summed E-state index contributed by atoms with van der Waals surface area (Å²) in [6.45, 7) is 6.15. The molecule has 0 aliphatic carbocycles. The van der Waals surface area contributed by atoms with Gasteiger partial charge >= 0.3 is 0 Å². The number of para-hydroxylation sites is 1. The van der Waals surface area contributed by atoms with Gasteiger partial charge in [0.05, 0.1) is 15.3 Å². The summed E-state index contributed by atoms with van der Waals surface area (Å²) >= 11 is 13.7. The van der Waals surface area contributed by atoms with E-state index in [9.17, 15) is 4.79 Å². The van der Waals surface area contributed by atoms with Crippen LogP contribution in [0.2, 0.25) is 10.0 Å². The number of hydrogen-bond donors (Lipinski definition) is 1. The molecule has 24 heavy (non-hydrogen) atoms. The van der Waals surface area contributed by atoms with E-state index in [4.69, 9.17) is 23.2 Å². The molecule has 2 atom stereocenters. The average Bonchev–Trinajstić information content (AvgIpc) is 2.57.